The van der Waals surface area contributed by atoms with Crippen molar-refractivity contribution in [1.29, 1.82) is 0 Å². The highest BCUT2D eigenvalue weighted by Crippen LogP contribution is 2.62. The maximum absolute atomic E-state index is 14.7. The van der Waals surface area contributed by atoms with Crippen molar-refractivity contribution in [1.82, 2.24) is 14.5 Å². The van der Waals surface area contributed by atoms with Crippen LogP contribution in [0.2, 0.25) is 0 Å². The smallest absolute Gasteiger partial charge is 0.316 e. The molecule has 2 fully saturated rings. The first kappa shape index (κ1) is 25.2. The minimum atomic E-state index is -0.714. The van der Waals surface area contributed by atoms with E-state index in [1.165, 1.54) is 6.07 Å². The zero-order valence-corrected chi connectivity index (χ0v) is 21.8. The number of aromatic nitrogens is 3. The van der Waals surface area contributed by atoms with E-state index in [0.717, 1.165) is 42.5 Å². The van der Waals surface area contributed by atoms with Gasteiger partial charge in [-0.25, -0.2) is 9.37 Å². The van der Waals surface area contributed by atoms with Crippen molar-refractivity contribution >= 4 is 22.7 Å². The molecule has 39 heavy (non-hydrogen) atoms. The molecule has 1 spiro atoms. The average molecular weight is 528 g/mol. The molecule has 2 aliphatic rings. The van der Waals surface area contributed by atoms with Crippen molar-refractivity contribution in [2.45, 2.75) is 45.6 Å². The summed E-state index contributed by atoms with van der Waals surface area (Å²) in [7, 11) is 0. The Balaban J connectivity index is 1.18. The summed E-state index contributed by atoms with van der Waals surface area (Å²) in [4.78, 5) is 33.1. The van der Waals surface area contributed by atoms with Crippen LogP contribution in [0.25, 0.3) is 22.2 Å². The van der Waals surface area contributed by atoms with E-state index in [1.54, 1.807) is 18.3 Å². The van der Waals surface area contributed by atoms with Crippen molar-refractivity contribution in [3.05, 3.63) is 77.9 Å². The van der Waals surface area contributed by atoms with Crippen LogP contribution >= 0.6 is 0 Å². The first-order chi connectivity index (χ1) is 18.8. The summed E-state index contributed by atoms with van der Waals surface area (Å²) in [5.74, 6) is -1.02. The SMILES string of the molecule is CCOc1nccc(-c2ccc(Cn3ccc4c(F)ccc(C(=O)CC5CC6(C5)CC(C(=O)O)C6)c43)cc2)n1. The summed E-state index contributed by atoms with van der Waals surface area (Å²) >= 11 is 0. The van der Waals surface area contributed by atoms with Crippen molar-refractivity contribution in [2.24, 2.45) is 17.3 Å². The molecule has 0 bridgehead atoms. The minimum Gasteiger partial charge on any atom is -0.481 e. The van der Waals surface area contributed by atoms with Gasteiger partial charge in [-0.3, -0.25) is 9.59 Å². The van der Waals surface area contributed by atoms with Gasteiger partial charge in [-0.15, -0.1) is 0 Å². The number of rotatable bonds is 9. The summed E-state index contributed by atoms with van der Waals surface area (Å²) in [5.41, 5.74) is 3.98. The fourth-order valence-corrected chi connectivity index (χ4v) is 6.50. The summed E-state index contributed by atoms with van der Waals surface area (Å²) in [5, 5.41) is 9.62. The van der Waals surface area contributed by atoms with Gasteiger partial charge in [0.15, 0.2) is 5.78 Å². The van der Waals surface area contributed by atoms with Gasteiger partial charge in [0.05, 0.1) is 23.7 Å². The molecule has 8 heteroatoms. The number of nitrogens with zero attached hydrogens (tertiary/aromatic N) is 3. The van der Waals surface area contributed by atoms with Gasteiger partial charge in [-0.05, 0) is 73.8 Å². The molecule has 0 atom stereocenters. The second-order valence-corrected chi connectivity index (χ2v) is 11.0. The molecule has 2 aliphatic carbocycles. The number of carboxylic acid groups (broad SMARTS) is 1. The number of benzene rings is 2. The molecule has 2 saturated carbocycles. The summed E-state index contributed by atoms with van der Waals surface area (Å²) in [6.07, 6.45) is 7.15. The summed E-state index contributed by atoms with van der Waals surface area (Å²) in [6.45, 7) is 2.87. The first-order valence-electron chi connectivity index (χ1n) is 13.4. The molecule has 0 amide bonds. The third-order valence-corrected chi connectivity index (χ3v) is 8.31. The molecule has 4 aromatic rings. The Morgan fingerprint density at radius 3 is 2.56 bits per heavy atom. The van der Waals surface area contributed by atoms with E-state index < -0.39 is 5.97 Å². The van der Waals surface area contributed by atoms with E-state index in [1.807, 2.05) is 48.0 Å². The van der Waals surface area contributed by atoms with Crippen LogP contribution in [0.1, 0.15) is 54.9 Å². The number of ether oxygens (including phenoxy) is 1. The number of hydrogen-bond acceptors (Lipinski definition) is 5. The Labute approximate surface area is 225 Å². The Morgan fingerprint density at radius 1 is 1.08 bits per heavy atom. The highest BCUT2D eigenvalue weighted by molar-refractivity contribution is 6.07. The molecular formula is C31H30FN3O4. The van der Waals surface area contributed by atoms with Crippen LogP contribution in [0.15, 0.2) is 60.9 Å². The quantitative estimate of drug-likeness (QED) is 0.263. The van der Waals surface area contributed by atoms with Gasteiger partial charge in [-0.2, -0.15) is 4.98 Å². The van der Waals surface area contributed by atoms with E-state index in [4.69, 9.17) is 4.74 Å². The lowest BCUT2D eigenvalue weighted by atomic mass is 9.47. The predicted octanol–water partition coefficient (Wildman–Crippen LogP) is 6.15. The van der Waals surface area contributed by atoms with Crippen LogP contribution in [0.3, 0.4) is 0 Å². The lowest BCUT2D eigenvalue weighted by Gasteiger charge is -2.56. The first-order valence-corrected chi connectivity index (χ1v) is 13.4. The Hall–Kier alpha value is -4.07. The number of carbonyl (C=O) groups is 2. The van der Waals surface area contributed by atoms with E-state index >= 15 is 0 Å². The molecule has 2 heterocycles. The Morgan fingerprint density at radius 2 is 1.85 bits per heavy atom. The average Bonchev–Trinajstić information content (AvgIpc) is 3.30. The molecule has 0 unspecified atom stereocenters. The number of Topliss-reactive ketones (excluding diaryl/α,β-unsaturated/α-hetero) is 1. The van der Waals surface area contributed by atoms with Gasteiger partial charge in [-0.1, -0.05) is 24.3 Å². The van der Waals surface area contributed by atoms with Crippen LogP contribution in [0.4, 0.5) is 4.39 Å². The normalized spacial score (nSPS) is 21.9. The highest BCUT2D eigenvalue weighted by atomic mass is 19.1. The fourth-order valence-electron chi connectivity index (χ4n) is 6.50. The van der Waals surface area contributed by atoms with Crippen LogP contribution in [0, 0.1) is 23.1 Å². The molecule has 0 radical (unpaired) electrons. The van der Waals surface area contributed by atoms with Gasteiger partial charge < -0.3 is 14.4 Å². The number of ketones is 1. The van der Waals surface area contributed by atoms with Gasteiger partial charge in [0.2, 0.25) is 0 Å². The van der Waals surface area contributed by atoms with Gasteiger partial charge in [0.25, 0.3) is 0 Å². The van der Waals surface area contributed by atoms with Gasteiger partial charge in [0.1, 0.15) is 5.82 Å². The molecule has 0 aliphatic heterocycles. The largest absolute Gasteiger partial charge is 0.481 e. The minimum absolute atomic E-state index is 0.0121. The lowest BCUT2D eigenvalue weighted by Crippen LogP contribution is -2.50. The maximum Gasteiger partial charge on any atom is 0.316 e. The summed E-state index contributed by atoms with van der Waals surface area (Å²) < 4.78 is 22.1. The second-order valence-electron chi connectivity index (χ2n) is 11.0. The fraction of sp³-hybridized carbons (Fsp3) is 0.355. The number of halogens is 1. The molecule has 1 N–H and O–H groups in total. The Kier molecular flexibility index (Phi) is 6.41. The van der Waals surface area contributed by atoms with Crippen molar-refractivity contribution in [3.63, 3.8) is 0 Å². The van der Waals surface area contributed by atoms with Crippen LogP contribution < -0.4 is 4.74 Å². The topological polar surface area (TPSA) is 94.3 Å². The molecule has 2 aromatic heterocycles. The van der Waals surface area contributed by atoms with Gasteiger partial charge >= 0.3 is 12.0 Å². The lowest BCUT2D eigenvalue weighted by molar-refractivity contribution is -0.157. The Bertz CT molecular complexity index is 1550. The standard InChI is InChI=1S/C31H30FN3O4/c1-2-39-30-33-11-9-26(34-30)21-5-3-19(4-6-21)18-35-12-10-23-25(32)8-7-24(28(23)35)27(36)13-20-14-31(15-20)16-22(17-31)29(37)38/h3-12,20,22H,2,13-18H2,1H3,(H,37,38). The number of carboxylic acids is 1. The van der Waals surface area contributed by atoms with E-state index in [-0.39, 0.29) is 28.9 Å². The molecule has 7 nitrogen and oxygen atoms in total. The van der Waals surface area contributed by atoms with E-state index in [0.29, 0.717) is 42.0 Å². The van der Waals surface area contributed by atoms with Crippen LogP contribution in [-0.4, -0.2) is 38.0 Å². The van der Waals surface area contributed by atoms with Crippen LogP contribution in [-0.2, 0) is 11.3 Å². The number of fused-ring (bicyclic) bond motifs is 1. The predicted molar refractivity (Wildman–Crippen MR) is 144 cm³/mol. The van der Waals surface area contributed by atoms with Crippen molar-refractivity contribution < 1.29 is 23.8 Å². The van der Waals surface area contributed by atoms with E-state index in [2.05, 4.69) is 9.97 Å². The summed E-state index contributed by atoms with van der Waals surface area (Å²) in [6, 6.07) is 14.8. The molecular weight excluding hydrogens is 497 g/mol. The van der Waals surface area contributed by atoms with E-state index in [9.17, 15) is 19.1 Å². The number of aliphatic carboxylic acids is 1. The van der Waals surface area contributed by atoms with Crippen LogP contribution in [0.5, 0.6) is 6.01 Å². The number of carbonyl (C=O) groups excluding carboxylic acids is 1. The molecule has 0 saturated heterocycles. The highest BCUT2D eigenvalue weighted by Gasteiger charge is 2.54. The zero-order valence-electron chi connectivity index (χ0n) is 21.8. The number of hydrogen-bond donors (Lipinski definition) is 1. The van der Waals surface area contributed by atoms with Gasteiger partial charge in [0, 0.05) is 41.9 Å². The zero-order chi connectivity index (χ0) is 27.1. The van der Waals surface area contributed by atoms with Crippen molar-refractivity contribution in [3.8, 4) is 17.3 Å². The maximum atomic E-state index is 14.7. The second kappa shape index (κ2) is 9.91. The van der Waals surface area contributed by atoms with Crippen molar-refractivity contribution in [2.75, 3.05) is 6.61 Å². The third kappa shape index (κ3) is 4.80. The third-order valence-electron chi connectivity index (χ3n) is 8.31. The molecule has 200 valence electrons. The molecule has 2 aromatic carbocycles. The molecule has 6 rings (SSSR count). The monoisotopic (exact) mass is 527 g/mol.